The average molecular weight is 469 g/mol. The summed E-state index contributed by atoms with van der Waals surface area (Å²) in [6.45, 7) is 3.24. The van der Waals surface area contributed by atoms with Crippen LogP contribution in [0, 0.1) is 11.6 Å². The van der Waals surface area contributed by atoms with Crippen molar-refractivity contribution in [2.45, 2.75) is 25.3 Å². The number of halogens is 2. The van der Waals surface area contributed by atoms with Crippen LogP contribution in [0.15, 0.2) is 53.5 Å². The highest BCUT2D eigenvalue weighted by Crippen LogP contribution is 2.28. The minimum absolute atomic E-state index is 0.150. The molecule has 0 aromatic heterocycles. The summed E-state index contributed by atoms with van der Waals surface area (Å²) in [6.07, 6.45) is -0.681. The van der Waals surface area contributed by atoms with Gasteiger partial charge in [-0.3, -0.25) is 15.0 Å². The van der Waals surface area contributed by atoms with Gasteiger partial charge in [0, 0.05) is 57.4 Å². The van der Waals surface area contributed by atoms with Crippen LogP contribution in [0.2, 0.25) is 0 Å². The van der Waals surface area contributed by atoms with Crippen molar-refractivity contribution in [3.05, 3.63) is 71.3 Å². The standard InChI is InChI=1S/C24H26F2N6O2/c1-29-21-20(22(33)28-24(29)34)32(15-17-7-3-5-9-19(17)26)23(27-21)31-12-10-30(11-13-31)14-16-6-2-4-8-18(16)25/h2-9,20-21H,10-15H2,1H3,(H,28,33,34). The van der Waals surface area contributed by atoms with E-state index in [0.29, 0.717) is 49.8 Å². The number of benzene rings is 2. The van der Waals surface area contributed by atoms with Gasteiger partial charge in [0.25, 0.3) is 5.91 Å². The Bertz CT molecular complexity index is 1130. The lowest BCUT2D eigenvalue weighted by molar-refractivity contribution is -0.127. The summed E-state index contributed by atoms with van der Waals surface area (Å²) in [5.74, 6) is -0.452. The minimum Gasteiger partial charge on any atom is -0.340 e. The van der Waals surface area contributed by atoms with Crippen molar-refractivity contribution in [1.82, 2.24) is 24.9 Å². The van der Waals surface area contributed by atoms with Crippen LogP contribution in [0.4, 0.5) is 13.6 Å². The first kappa shape index (κ1) is 22.3. The third kappa shape index (κ3) is 4.09. The summed E-state index contributed by atoms with van der Waals surface area (Å²) in [5.41, 5.74) is 1.10. The molecule has 2 fully saturated rings. The molecule has 1 N–H and O–H groups in total. The van der Waals surface area contributed by atoms with Crippen LogP contribution in [0.1, 0.15) is 11.1 Å². The predicted octanol–water partition coefficient (Wildman–Crippen LogP) is 1.83. The Labute approximate surface area is 196 Å². The first-order valence-corrected chi connectivity index (χ1v) is 11.3. The first-order chi connectivity index (χ1) is 16.4. The van der Waals surface area contributed by atoms with E-state index in [1.807, 2.05) is 6.07 Å². The summed E-state index contributed by atoms with van der Waals surface area (Å²) >= 11 is 0. The van der Waals surface area contributed by atoms with Gasteiger partial charge in [0.15, 0.2) is 18.2 Å². The Balaban J connectivity index is 1.36. The van der Waals surface area contributed by atoms with Crippen molar-refractivity contribution < 1.29 is 18.4 Å². The zero-order valence-electron chi connectivity index (χ0n) is 18.8. The van der Waals surface area contributed by atoms with E-state index in [1.165, 1.54) is 17.0 Å². The van der Waals surface area contributed by atoms with Gasteiger partial charge in [-0.05, 0) is 12.1 Å². The number of fused-ring (bicyclic) bond motifs is 1. The lowest BCUT2D eigenvalue weighted by Gasteiger charge is -2.40. The lowest BCUT2D eigenvalue weighted by atomic mass is 10.1. The van der Waals surface area contributed by atoms with E-state index in [4.69, 9.17) is 4.99 Å². The number of hydrogen-bond acceptors (Lipinski definition) is 6. The molecule has 3 aliphatic heterocycles. The molecule has 8 nitrogen and oxygen atoms in total. The fourth-order valence-electron chi connectivity index (χ4n) is 4.73. The van der Waals surface area contributed by atoms with Gasteiger partial charge in [-0.2, -0.15) is 0 Å². The molecule has 2 unspecified atom stereocenters. The molecule has 3 amide bonds. The van der Waals surface area contributed by atoms with Crippen molar-refractivity contribution in [3.8, 4) is 0 Å². The summed E-state index contributed by atoms with van der Waals surface area (Å²) < 4.78 is 28.5. The van der Waals surface area contributed by atoms with E-state index >= 15 is 0 Å². The number of aliphatic imine (C=N–C) groups is 1. The van der Waals surface area contributed by atoms with E-state index in [-0.39, 0.29) is 18.2 Å². The van der Waals surface area contributed by atoms with Gasteiger partial charge < -0.3 is 14.7 Å². The molecule has 3 heterocycles. The molecule has 2 atom stereocenters. The average Bonchev–Trinajstić information content (AvgIpc) is 3.21. The van der Waals surface area contributed by atoms with Crippen LogP contribution in [-0.2, 0) is 17.9 Å². The van der Waals surface area contributed by atoms with Crippen molar-refractivity contribution >= 4 is 17.9 Å². The lowest BCUT2D eigenvalue weighted by Crippen LogP contribution is -2.64. The van der Waals surface area contributed by atoms with Crippen molar-refractivity contribution in [1.29, 1.82) is 0 Å². The molecule has 5 rings (SSSR count). The number of nitrogens with one attached hydrogen (secondary N) is 1. The molecule has 10 heteroatoms. The van der Waals surface area contributed by atoms with Crippen LogP contribution in [0.25, 0.3) is 0 Å². The fourth-order valence-corrected chi connectivity index (χ4v) is 4.73. The molecule has 178 valence electrons. The SMILES string of the molecule is CN1C(=O)NC(=O)C2C1N=C(N1CCN(Cc3ccccc3F)CC1)N2Cc1ccccc1F. The van der Waals surface area contributed by atoms with Gasteiger partial charge in [-0.25, -0.2) is 18.6 Å². The Hall–Kier alpha value is -3.53. The van der Waals surface area contributed by atoms with E-state index in [2.05, 4.69) is 15.1 Å². The number of likely N-dealkylation sites (N-methyl/N-ethyl adjacent to an activating group) is 1. The van der Waals surface area contributed by atoms with Crippen LogP contribution in [-0.4, -0.2) is 82.9 Å². The molecule has 3 aliphatic rings. The Morgan fingerprint density at radius 2 is 1.50 bits per heavy atom. The van der Waals surface area contributed by atoms with Crippen molar-refractivity contribution in [2.24, 2.45) is 4.99 Å². The molecule has 0 saturated carbocycles. The van der Waals surface area contributed by atoms with Gasteiger partial charge >= 0.3 is 6.03 Å². The fraction of sp³-hybridized carbons (Fsp3) is 0.375. The largest absolute Gasteiger partial charge is 0.340 e. The maximum Gasteiger partial charge on any atom is 0.325 e. The third-order valence-electron chi connectivity index (χ3n) is 6.64. The highest BCUT2D eigenvalue weighted by atomic mass is 19.1. The van der Waals surface area contributed by atoms with E-state index in [1.54, 1.807) is 42.3 Å². The molecule has 0 aliphatic carbocycles. The number of rotatable bonds is 4. The maximum absolute atomic E-state index is 14.5. The van der Waals surface area contributed by atoms with E-state index < -0.39 is 24.1 Å². The number of urea groups is 1. The molecule has 0 bridgehead atoms. The molecule has 2 saturated heterocycles. The smallest absolute Gasteiger partial charge is 0.325 e. The van der Waals surface area contributed by atoms with Gasteiger partial charge in [0.1, 0.15) is 11.6 Å². The number of carbonyl (C=O) groups excluding carboxylic acids is 2. The van der Waals surface area contributed by atoms with Crippen LogP contribution >= 0.6 is 0 Å². The summed E-state index contributed by atoms with van der Waals surface area (Å²) in [4.78, 5) is 37.2. The molecule has 34 heavy (non-hydrogen) atoms. The second-order valence-electron chi connectivity index (χ2n) is 8.77. The highest BCUT2D eigenvalue weighted by Gasteiger charge is 2.50. The van der Waals surface area contributed by atoms with Gasteiger partial charge in [-0.1, -0.05) is 36.4 Å². The second-order valence-corrected chi connectivity index (χ2v) is 8.77. The zero-order valence-corrected chi connectivity index (χ0v) is 18.8. The number of hydrogen-bond donors (Lipinski definition) is 1. The normalized spacial score (nSPS) is 23.1. The molecule has 0 spiro atoms. The number of nitrogens with zero attached hydrogens (tertiary/aromatic N) is 5. The number of piperazine rings is 1. The van der Waals surface area contributed by atoms with E-state index in [0.717, 1.165) is 0 Å². The van der Waals surface area contributed by atoms with Gasteiger partial charge in [0.05, 0.1) is 0 Å². The van der Waals surface area contributed by atoms with Crippen molar-refractivity contribution in [3.63, 3.8) is 0 Å². The number of carbonyl (C=O) groups is 2. The molecule has 2 aromatic rings. The zero-order chi connectivity index (χ0) is 23.8. The maximum atomic E-state index is 14.5. The molecule has 0 radical (unpaired) electrons. The quantitative estimate of drug-likeness (QED) is 0.742. The Morgan fingerprint density at radius 1 is 0.912 bits per heavy atom. The Morgan fingerprint density at radius 3 is 2.12 bits per heavy atom. The first-order valence-electron chi connectivity index (χ1n) is 11.3. The van der Waals surface area contributed by atoms with Gasteiger partial charge in [-0.15, -0.1) is 0 Å². The number of imide groups is 1. The van der Waals surface area contributed by atoms with Gasteiger partial charge in [0.2, 0.25) is 0 Å². The van der Waals surface area contributed by atoms with Crippen molar-refractivity contribution in [2.75, 3.05) is 33.2 Å². The second kappa shape index (κ2) is 9.02. The monoisotopic (exact) mass is 468 g/mol. The Kier molecular flexibility index (Phi) is 5.91. The molecular formula is C24H26F2N6O2. The minimum atomic E-state index is -0.742. The number of guanidine groups is 1. The predicted molar refractivity (Wildman–Crippen MR) is 122 cm³/mol. The van der Waals surface area contributed by atoms with Crippen LogP contribution < -0.4 is 5.32 Å². The third-order valence-corrected chi connectivity index (χ3v) is 6.64. The molecular weight excluding hydrogens is 442 g/mol. The summed E-state index contributed by atoms with van der Waals surface area (Å²) in [7, 11) is 1.60. The highest BCUT2D eigenvalue weighted by molar-refractivity contribution is 6.03. The summed E-state index contributed by atoms with van der Waals surface area (Å²) in [5, 5.41) is 2.37. The van der Waals surface area contributed by atoms with Crippen LogP contribution in [0.5, 0.6) is 0 Å². The topological polar surface area (TPSA) is 71.5 Å². The molecule has 2 aromatic carbocycles. The number of amides is 3. The summed E-state index contributed by atoms with van der Waals surface area (Å²) in [6, 6.07) is 11.9. The van der Waals surface area contributed by atoms with E-state index in [9.17, 15) is 18.4 Å². The van der Waals surface area contributed by atoms with Crippen LogP contribution in [0.3, 0.4) is 0 Å².